The fraction of sp³-hybridized carbons (Fsp3) is 0.647. The minimum absolute atomic E-state index is 0.330. The predicted octanol–water partition coefficient (Wildman–Crippen LogP) is 4.27. The highest BCUT2D eigenvalue weighted by atomic mass is 14.4. The second-order valence-electron chi connectivity index (χ2n) is 6.87. The maximum absolute atomic E-state index is 2.40. The van der Waals surface area contributed by atoms with Gasteiger partial charge >= 0.3 is 0 Å². The summed E-state index contributed by atoms with van der Waals surface area (Å²) in [6.07, 6.45) is 8.07. The summed E-state index contributed by atoms with van der Waals surface area (Å²) in [6, 6.07) is 0. The van der Waals surface area contributed by atoms with Gasteiger partial charge in [0.15, 0.2) is 0 Å². The average molecular weight is 228 g/mol. The molecule has 3 rings (SSSR count). The van der Waals surface area contributed by atoms with Crippen LogP contribution in [0, 0.1) is 6.92 Å². The first-order valence-corrected chi connectivity index (χ1v) is 7.16. The Hall–Kier alpha value is -0.780. The van der Waals surface area contributed by atoms with Crippen molar-refractivity contribution < 1.29 is 0 Å². The van der Waals surface area contributed by atoms with Crippen LogP contribution in [0.25, 0.3) is 0 Å². The van der Waals surface area contributed by atoms with E-state index in [0.717, 1.165) is 0 Å². The van der Waals surface area contributed by atoms with E-state index in [9.17, 15) is 0 Å². The van der Waals surface area contributed by atoms with E-state index in [1.165, 1.54) is 38.5 Å². The number of hydrogen-bond acceptors (Lipinski definition) is 0. The SMILES string of the molecule is Cc1c2c(c(C(C)(C)C)c3c1CCC3)CCC2. The van der Waals surface area contributed by atoms with Crippen molar-refractivity contribution in [2.75, 3.05) is 0 Å². The van der Waals surface area contributed by atoms with Gasteiger partial charge in [-0.2, -0.15) is 0 Å². The maximum Gasteiger partial charge on any atom is -0.0126 e. The van der Waals surface area contributed by atoms with Crippen LogP contribution in [0.15, 0.2) is 0 Å². The second-order valence-corrected chi connectivity index (χ2v) is 6.87. The summed E-state index contributed by atoms with van der Waals surface area (Å²) in [5, 5.41) is 0. The van der Waals surface area contributed by atoms with Crippen LogP contribution in [0.4, 0.5) is 0 Å². The minimum Gasteiger partial charge on any atom is -0.0561 e. The molecule has 2 aliphatic rings. The molecule has 0 fully saturated rings. The molecule has 0 nitrogen and oxygen atoms in total. The summed E-state index contributed by atoms with van der Waals surface area (Å²) in [7, 11) is 0. The van der Waals surface area contributed by atoms with Crippen LogP contribution in [0.3, 0.4) is 0 Å². The first-order chi connectivity index (χ1) is 8.00. The van der Waals surface area contributed by atoms with E-state index in [-0.39, 0.29) is 0 Å². The number of rotatable bonds is 0. The lowest BCUT2D eigenvalue weighted by Crippen LogP contribution is -2.18. The van der Waals surface area contributed by atoms with Gasteiger partial charge in [-0.05, 0) is 84.2 Å². The summed E-state index contributed by atoms with van der Waals surface area (Å²) >= 11 is 0. The molecule has 0 radical (unpaired) electrons. The molecule has 17 heavy (non-hydrogen) atoms. The monoisotopic (exact) mass is 228 g/mol. The first-order valence-electron chi connectivity index (χ1n) is 7.16. The lowest BCUT2D eigenvalue weighted by atomic mass is 9.77. The molecule has 0 aromatic heterocycles. The zero-order valence-electron chi connectivity index (χ0n) is 11.7. The van der Waals surface area contributed by atoms with Crippen molar-refractivity contribution in [2.45, 2.75) is 71.6 Å². The summed E-state index contributed by atoms with van der Waals surface area (Å²) < 4.78 is 0. The Morgan fingerprint density at radius 2 is 1.12 bits per heavy atom. The summed E-state index contributed by atoms with van der Waals surface area (Å²) in [6.45, 7) is 9.57. The van der Waals surface area contributed by atoms with Gasteiger partial charge in [0.25, 0.3) is 0 Å². The molecule has 0 saturated carbocycles. The van der Waals surface area contributed by atoms with Gasteiger partial charge in [-0.3, -0.25) is 0 Å². The topological polar surface area (TPSA) is 0 Å². The Bertz CT molecular complexity index is 437. The van der Waals surface area contributed by atoms with Gasteiger partial charge < -0.3 is 0 Å². The summed E-state index contributed by atoms with van der Waals surface area (Å²) in [5.74, 6) is 0. The lowest BCUT2D eigenvalue weighted by molar-refractivity contribution is 0.576. The minimum atomic E-state index is 0.330. The van der Waals surface area contributed by atoms with Crippen molar-refractivity contribution in [1.29, 1.82) is 0 Å². The largest absolute Gasteiger partial charge is 0.0561 e. The Morgan fingerprint density at radius 1 is 0.706 bits per heavy atom. The van der Waals surface area contributed by atoms with Gasteiger partial charge in [0, 0.05) is 0 Å². The fourth-order valence-corrected chi connectivity index (χ4v) is 4.14. The van der Waals surface area contributed by atoms with Crippen molar-refractivity contribution >= 4 is 0 Å². The summed E-state index contributed by atoms with van der Waals surface area (Å²) in [4.78, 5) is 0. The Morgan fingerprint density at radius 3 is 1.53 bits per heavy atom. The van der Waals surface area contributed by atoms with Crippen molar-refractivity contribution in [3.8, 4) is 0 Å². The van der Waals surface area contributed by atoms with Crippen molar-refractivity contribution in [1.82, 2.24) is 0 Å². The van der Waals surface area contributed by atoms with Crippen molar-refractivity contribution in [2.24, 2.45) is 0 Å². The molecule has 0 unspecified atom stereocenters. The highest BCUT2D eigenvalue weighted by molar-refractivity contribution is 5.57. The predicted molar refractivity (Wildman–Crippen MR) is 73.9 cm³/mol. The third kappa shape index (κ3) is 1.57. The summed E-state index contributed by atoms with van der Waals surface area (Å²) in [5.41, 5.74) is 10.6. The normalized spacial score (nSPS) is 18.4. The van der Waals surface area contributed by atoms with Crippen molar-refractivity contribution in [3.63, 3.8) is 0 Å². The van der Waals surface area contributed by atoms with E-state index in [0.29, 0.717) is 5.41 Å². The molecule has 92 valence electrons. The number of fused-ring (bicyclic) bond motifs is 2. The smallest absolute Gasteiger partial charge is 0.0126 e. The molecule has 1 aromatic carbocycles. The van der Waals surface area contributed by atoms with Gasteiger partial charge in [0.05, 0.1) is 0 Å². The first kappa shape index (κ1) is 11.3. The molecule has 0 bridgehead atoms. The molecule has 2 aliphatic carbocycles. The number of benzene rings is 1. The van der Waals surface area contributed by atoms with Crippen LogP contribution in [-0.4, -0.2) is 0 Å². The third-order valence-electron chi connectivity index (χ3n) is 4.69. The zero-order valence-corrected chi connectivity index (χ0v) is 11.7. The molecule has 0 spiro atoms. The van der Waals surface area contributed by atoms with E-state index in [1.807, 2.05) is 0 Å². The Kier molecular flexibility index (Phi) is 2.40. The molecule has 0 heteroatoms. The highest BCUT2D eigenvalue weighted by Gasteiger charge is 2.31. The van der Waals surface area contributed by atoms with Gasteiger partial charge in [-0.15, -0.1) is 0 Å². The molecular weight excluding hydrogens is 204 g/mol. The fourth-order valence-electron chi connectivity index (χ4n) is 4.14. The van der Waals surface area contributed by atoms with Crippen molar-refractivity contribution in [3.05, 3.63) is 33.4 Å². The Labute approximate surface area is 105 Å². The van der Waals surface area contributed by atoms with Crippen LogP contribution in [0.1, 0.15) is 67.0 Å². The number of hydrogen-bond donors (Lipinski definition) is 0. The van der Waals surface area contributed by atoms with E-state index < -0.39 is 0 Å². The van der Waals surface area contributed by atoms with Crippen LogP contribution in [0.5, 0.6) is 0 Å². The molecule has 0 atom stereocenters. The van der Waals surface area contributed by atoms with Crippen LogP contribution >= 0.6 is 0 Å². The van der Waals surface area contributed by atoms with Crippen LogP contribution in [-0.2, 0) is 31.1 Å². The molecule has 0 saturated heterocycles. The average Bonchev–Trinajstić information content (AvgIpc) is 2.83. The molecule has 1 aromatic rings. The lowest BCUT2D eigenvalue weighted by Gasteiger charge is -2.28. The van der Waals surface area contributed by atoms with Gasteiger partial charge in [0.2, 0.25) is 0 Å². The molecular formula is C17H24. The van der Waals surface area contributed by atoms with Crippen LogP contribution in [0.2, 0.25) is 0 Å². The highest BCUT2D eigenvalue weighted by Crippen LogP contribution is 2.43. The molecule has 0 heterocycles. The van der Waals surface area contributed by atoms with Gasteiger partial charge in [-0.25, -0.2) is 0 Å². The van der Waals surface area contributed by atoms with Crippen LogP contribution < -0.4 is 0 Å². The second kappa shape index (κ2) is 3.60. The third-order valence-corrected chi connectivity index (χ3v) is 4.69. The quantitative estimate of drug-likeness (QED) is 0.622. The maximum atomic E-state index is 2.40. The standard InChI is InChI=1S/C17H24/c1-11-12-7-5-9-14(12)16(17(2,3)4)15-10-6-8-13(11)15/h5-10H2,1-4H3. The zero-order chi connectivity index (χ0) is 12.2. The van der Waals surface area contributed by atoms with Gasteiger partial charge in [0.1, 0.15) is 0 Å². The molecule has 0 aliphatic heterocycles. The van der Waals surface area contributed by atoms with E-state index >= 15 is 0 Å². The Balaban J connectivity index is 2.34. The van der Waals surface area contributed by atoms with Gasteiger partial charge in [-0.1, -0.05) is 20.8 Å². The van der Waals surface area contributed by atoms with E-state index in [2.05, 4.69) is 27.7 Å². The van der Waals surface area contributed by atoms with E-state index in [1.54, 1.807) is 33.4 Å². The molecule has 0 amide bonds. The van der Waals surface area contributed by atoms with E-state index in [4.69, 9.17) is 0 Å². The molecule has 0 N–H and O–H groups in total.